The number of hydrogen-bond acceptors (Lipinski definition) is 5. The Morgan fingerprint density at radius 1 is 1.09 bits per heavy atom. The van der Waals surface area contributed by atoms with E-state index in [1.165, 1.54) is 24.3 Å². The van der Waals surface area contributed by atoms with Crippen LogP contribution < -0.4 is 20.1 Å². The molecule has 0 saturated heterocycles. The molecule has 1 aliphatic carbocycles. The number of carbonyl (C=O) groups excluding carboxylic acids is 2. The van der Waals surface area contributed by atoms with Gasteiger partial charge in [-0.1, -0.05) is 19.9 Å². The van der Waals surface area contributed by atoms with Gasteiger partial charge in [-0.2, -0.15) is 0 Å². The molecule has 178 valence electrons. The number of rotatable bonds is 5. The highest BCUT2D eigenvalue weighted by Gasteiger charge is 2.43. The quantitative estimate of drug-likeness (QED) is 0.645. The maximum absolute atomic E-state index is 13.6. The normalized spacial score (nSPS) is 19.4. The predicted octanol–water partition coefficient (Wildman–Crippen LogP) is 5.09. The highest BCUT2D eigenvalue weighted by molar-refractivity contribution is 6.10. The number of allylic oxidation sites excluding steroid dienone is 3. The average molecular weight is 465 g/mol. The summed E-state index contributed by atoms with van der Waals surface area (Å²) >= 11 is 0. The van der Waals surface area contributed by atoms with Gasteiger partial charge in [0.25, 0.3) is 5.91 Å². The summed E-state index contributed by atoms with van der Waals surface area (Å²) in [5.41, 5.74) is 3.46. The molecule has 2 aromatic rings. The molecule has 1 heterocycles. The number of ketones is 1. The van der Waals surface area contributed by atoms with Crippen LogP contribution in [0.15, 0.2) is 65.0 Å². The minimum Gasteiger partial charge on any atom is -0.497 e. The number of ether oxygens (including phenoxy) is 2. The first kappa shape index (κ1) is 23.5. The van der Waals surface area contributed by atoms with E-state index < -0.39 is 11.7 Å². The van der Waals surface area contributed by atoms with Crippen molar-refractivity contribution in [3.05, 3.63) is 76.4 Å². The summed E-state index contributed by atoms with van der Waals surface area (Å²) in [6.07, 6.45) is 1.07. The smallest absolute Gasteiger partial charge is 0.254 e. The summed E-state index contributed by atoms with van der Waals surface area (Å²) in [4.78, 5) is 27.0. The molecule has 1 amide bonds. The lowest BCUT2D eigenvalue weighted by atomic mass is 9.68. The second-order valence-corrected chi connectivity index (χ2v) is 9.50. The molecule has 0 aromatic heterocycles. The lowest BCUT2D eigenvalue weighted by Crippen LogP contribution is -2.39. The second kappa shape index (κ2) is 8.97. The minimum absolute atomic E-state index is 0.00111. The number of hydrogen-bond donors (Lipinski definition) is 2. The molecule has 0 bridgehead atoms. The number of dihydropyridines is 1. The van der Waals surface area contributed by atoms with Crippen molar-refractivity contribution >= 4 is 17.4 Å². The van der Waals surface area contributed by atoms with Gasteiger partial charge in [-0.15, -0.1) is 0 Å². The van der Waals surface area contributed by atoms with Crippen LogP contribution >= 0.6 is 0 Å². The average Bonchev–Trinajstić information content (AvgIpc) is 2.78. The zero-order chi connectivity index (χ0) is 24.6. The summed E-state index contributed by atoms with van der Waals surface area (Å²) in [5, 5.41) is 6.19. The highest BCUT2D eigenvalue weighted by atomic mass is 19.1. The van der Waals surface area contributed by atoms with E-state index in [0.717, 1.165) is 5.70 Å². The summed E-state index contributed by atoms with van der Waals surface area (Å²) in [7, 11) is 3.12. The Balaban J connectivity index is 1.85. The van der Waals surface area contributed by atoms with Gasteiger partial charge in [0.2, 0.25) is 0 Å². The fourth-order valence-electron chi connectivity index (χ4n) is 4.84. The van der Waals surface area contributed by atoms with E-state index in [4.69, 9.17) is 9.47 Å². The van der Waals surface area contributed by atoms with Crippen LogP contribution in [0.2, 0.25) is 0 Å². The Morgan fingerprint density at radius 3 is 2.44 bits per heavy atom. The Kier molecular flexibility index (Phi) is 6.21. The standard InChI is InChI=1S/C27H29FN2O4/c1-15-23(26(32)30-17-8-6-16(28)7-9-17)24(19-11-10-18(33-4)12-22(19)34-5)25-20(29-15)13-27(2,3)14-21(25)31/h6-12,24,29H,13-14H2,1-5H3,(H,30,32)/t24-/m0/s1. The fourth-order valence-corrected chi connectivity index (χ4v) is 4.84. The molecule has 1 atom stereocenters. The monoisotopic (exact) mass is 464 g/mol. The number of methoxy groups -OCH3 is 2. The fraction of sp³-hybridized carbons (Fsp3) is 0.333. The van der Waals surface area contributed by atoms with Crippen LogP contribution in [0.25, 0.3) is 0 Å². The van der Waals surface area contributed by atoms with Crippen molar-refractivity contribution in [2.45, 2.75) is 39.5 Å². The SMILES string of the molecule is COc1ccc([C@H]2C(C(=O)Nc3ccc(F)cc3)=C(C)NC3=C2C(=O)CC(C)(C)C3)c(OC)c1. The van der Waals surface area contributed by atoms with E-state index in [9.17, 15) is 14.0 Å². The third-order valence-corrected chi connectivity index (χ3v) is 6.34. The molecule has 4 rings (SSSR count). The number of carbonyl (C=O) groups is 2. The molecule has 0 spiro atoms. The van der Waals surface area contributed by atoms with Crippen LogP contribution in [0.4, 0.5) is 10.1 Å². The van der Waals surface area contributed by atoms with Gasteiger partial charge in [-0.25, -0.2) is 4.39 Å². The van der Waals surface area contributed by atoms with Crippen molar-refractivity contribution in [1.29, 1.82) is 0 Å². The van der Waals surface area contributed by atoms with E-state index >= 15 is 0 Å². The van der Waals surface area contributed by atoms with Crippen LogP contribution in [0, 0.1) is 11.2 Å². The van der Waals surface area contributed by atoms with Crippen LogP contribution in [0.1, 0.15) is 45.1 Å². The van der Waals surface area contributed by atoms with Gasteiger partial charge in [0.1, 0.15) is 17.3 Å². The molecule has 0 radical (unpaired) electrons. The molecule has 1 aliphatic heterocycles. The number of anilines is 1. The van der Waals surface area contributed by atoms with Crippen molar-refractivity contribution in [2.24, 2.45) is 5.41 Å². The first-order valence-electron chi connectivity index (χ1n) is 11.2. The topological polar surface area (TPSA) is 76.7 Å². The molecule has 7 heteroatoms. The van der Waals surface area contributed by atoms with Gasteiger partial charge in [0.05, 0.1) is 20.1 Å². The maximum Gasteiger partial charge on any atom is 0.254 e. The largest absolute Gasteiger partial charge is 0.497 e. The van der Waals surface area contributed by atoms with Crippen molar-refractivity contribution < 1.29 is 23.5 Å². The predicted molar refractivity (Wildman–Crippen MR) is 128 cm³/mol. The zero-order valence-corrected chi connectivity index (χ0v) is 20.0. The molecule has 0 fully saturated rings. The van der Waals surface area contributed by atoms with E-state index in [1.807, 2.05) is 13.0 Å². The molecular formula is C27H29FN2O4. The lowest BCUT2D eigenvalue weighted by molar-refractivity contribution is -0.118. The molecular weight excluding hydrogens is 435 g/mol. The molecule has 0 saturated carbocycles. The van der Waals surface area contributed by atoms with Gasteiger partial charge < -0.3 is 20.1 Å². The van der Waals surface area contributed by atoms with Gasteiger partial charge in [0.15, 0.2) is 5.78 Å². The Morgan fingerprint density at radius 2 is 1.79 bits per heavy atom. The zero-order valence-electron chi connectivity index (χ0n) is 20.0. The molecule has 6 nitrogen and oxygen atoms in total. The van der Waals surface area contributed by atoms with E-state index in [1.54, 1.807) is 26.4 Å². The molecule has 2 aliphatic rings. The third-order valence-electron chi connectivity index (χ3n) is 6.34. The number of nitrogens with one attached hydrogen (secondary N) is 2. The first-order chi connectivity index (χ1) is 16.1. The van der Waals surface area contributed by atoms with Crippen molar-refractivity contribution in [2.75, 3.05) is 19.5 Å². The molecule has 2 N–H and O–H groups in total. The highest BCUT2D eigenvalue weighted by Crippen LogP contribution is 2.49. The van der Waals surface area contributed by atoms with Crippen LogP contribution in [-0.2, 0) is 9.59 Å². The van der Waals surface area contributed by atoms with Crippen molar-refractivity contribution in [3.8, 4) is 11.5 Å². The van der Waals surface area contributed by atoms with E-state index in [2.05, 4.69) is 24.5 Å². The molecule has 2 aromatic carbocycles. The lowest BCUT2D eigenvalue weighted by Gasteiger charge is -2.40. The first-order valence-corrected chi connectivity index (χ1v) is 11.2. The van der Waals surface area contributed by atoms with Gasteiger partial charge in [-0.05, 0) is 49.1 Å². The van der Waals surface area contributed by atoms with Crippen LogP contribution in [0.5, 0.6) is 11.5 Å². The maximum atomic E-state index is 13.6. The summed E-state index contributed by atoms with van der Waals surface area (Å²) < 4.78 is 24.4. The third kappa shape index (κ3) is 4.42. The van der Waals surface area contributed by atoms with Crippen molar-refractivity contribution in [1.82, 2.24) is 5.32 Å². The van der Waals surface area contributed by atoms with E-state index in [-0.39, 0.29) is 17.1 Å². The Labute approximate surface area is 198 Å². The van der Waals surface area contributed by atoms with Gasteiger partial charge in [0, 0.05) is 46.3 Å². The number of Topliss-reactive ketones (excluding diaryl/α,β-unsaturated/α-hetero) is 1. The summed E-state index contributed by atoms with van der Waals surface area (Å²) in [5.74, 6) is -0.252. The van der Waals surface area contributed by atoms with Gasteiger partial charge >= 0.3 is 0 Å². The Bertz CT molecular complexity index is 1210. The van der Waals surface area contributed by atoms with Crippen LogP contribution in [-0.4, -0.2) is 25.9 Å². The molecule has 34 heavy (non-hydrogen) atoms. The molecule has 0 unspecified atom stereocenters. The summed E-state index contributed by atoms with van der Waals surface area (Å²) in [6, 6.07) is 11.0. The summed E-state index contributed by atoms with van der Waals surface area (Å²) in [6.45, 7) is 5.96. The van der Waals surface area contributed by atoms with Gasteiger partial charge in [-0.3, -0.25) is 9.59 Å². The Hall–Kier alpha value is -3.61. The van der Waals surface area contributed by atoms with E-state index in [0.29, 0.717) is 52.4 Å². The number of benzene rings is 2. The minimum atomic E-state index is -0.624. The number of halogens is 1. The number of amides is 1. The van der Waals surface area contributed by atoms with Crippen LogP contribution in [0.3, 0.4) is 0 Å². The van der Waals surface area contributed by atoms with Crippen molar-refractivity contribution in [3.63, 3.8) is 0 Å². The second-order valence-electron chi connectivity index (χ2n) is 9.50.